The van der Waals surface area contributed by atoms with E-state index in [0.717, 1.165) is 16.6 Å². The number of carboxylic acid groups (broad SMARTS) is 1. The zero-order chi connectivity index (χ0) is 14.1. The Balaban J connectivity index is 2.08. The van der Waals surface area contributed by atoms with Crippen LogP contribution in [-0.2, 0) is 7.05 Å². The molecule has 1 aromatic carbocycles. The highest BCUT2D eigenvalue weighted by molar-refractivity contribution is 5.98. The van der Waals surface area contributed by atoms with Gasteiger partial charge < -0.3 is 15.0 Å². The molecule has 3 aromatic rings. The zero-order valence-electron chi connectivity index (χ0n) is 10.7. The maximum absolute atomic E-state index is 11.2. The lowest BCUT2D eigenvalue weighted by molar-refractivity contribution is 0.0697. The molecule has 0 saturated heterocycles. The summed E-state index contributed by atoms with van der Waals surface area (Å²) in [4.78, 5) is 18.9. The Labute approximate surface area is 114 Å². The highest BCUT2D eigenvalue weighted by Gasteiger charge is 2.13. The number of hydrogen-bond donors (Lipinski definition) is 2. The van der Waals surface area contributed by atoms with Crippen molar-refractivity contribution in [2.75, 3.05) is 5.32 Å². The van der Waals surface area contributed by atoms with Gasteiger partial charge >= 0.3 is 5.97 Å². The maximum Gasteiger partial charge on any atom is 0.341 e. The van der Waals surface area contributed by atoms with Gasteiger partial charge in [-0.25, -0.2) is 14.8 Å². The number of para-hydroxylation sites is 1. The van der Waals surface area contributed by atoms with E-state index in [1.165, 1.54) is 12.5 Å². The molecule has 0 aliphatic carbocycles. The summed E-state index contributed by atoms with van der Waals surface area (Å²) < 4.78 is 1.97. The van der Waals surface area contributed by atoms with Crippen LogP contribution < -0.4 is 5.32 Å². The summed E-state index contributed by atoms with van der Waals surface area (Å²) in [5.74, 6) is -0.780. The van der Waals surface area contributed by atoms with Crippen molar-refractivity contribution in [3.05, 3.63) is 48.5 Å². The third kappa shape index (κ3) is 1.97. The summed E-state index contributed by atoms with van der Waals surface area (Å²) in [5.41, 5.74) is 1.91. The second kappa shape index (κ2) is 4.65. The normalized spacial score (nSPS) is 10.7. The zero-order valence-corrected chi connectivity index (χ0v) is 10.7. The van der Waals surface area contributed by atoms with Gasteiger partial charge in [0.05, 0.1) is 5.69 Å². The van der Waals surface area contributed by atoms with Crippen molar-refractivity contribution < 1.29 is 9.90 Å². The van der Waals surface area contributed by atoms with E-state index in [1.807, 2.05) is 42.1 Å². The number of fused-ring (bicyclic) bond motifs is 1. The summed E-state index contributed by atoms with van der Waals surface area (Å²) in [5, 5.41) is 13.2. The van der Waals surface area contributed by atoms with Crippen LogP contribution in [0.2, 0.25) is 0 Å². The molecule has 0 amide bonds. The molecule has 100 valence electrons. The van der Waals surface area contributed by atoms with Crippen LogP contribution in [0.4, 0.5) is 11.5 Å². The lowest BCUT2D eigenvalue weighted by Gasteiger charge is -2.06. The fourth-order valence-corrected chi connectivity index (χ4v) is 2.15. The van der Waals surface area contributed by atoms with Crippen molar-refractivity contribution in [3.8, 4) is 0 Å². The number of anilines is 2. The SMILES string of the molecule is Cn1cc(Nc2ncncc2C(=O)O)c2ccccc21. The van der Waals surface area contributed by atoms with Gasteiger partial charge in [-0.2, -0.15) is 0 Å². The molecule has 0 saturated carbocycles. The Hall–Kier alpha value is -2.89. The summed E-state index contributed by atoms with van der Waals surface area (Å²) in [6.45, 7) is 0. The topological polar surface area (TPSA) is 80.0 Å². The fraction of sp³-hybridized carbons (Fsp3) is 0.0714. The molecule has 2 N–H and O–H groups in total. The molecular formula is C14H12N4O2. The van der Waals surface area contributed by atoms with E-state index in [-0.39, 0.29) is 11.4 Å². The molecule has 0 spiro atoms. The van der Waals surface area contributed by atoms with Crippen LogP contribution in [0.5, 0.6) is 0 Å². The first-order valence-electron chi connectivity index (χ1n) is 6.01. The largest absolute Gasteiger partial charge is 0.477 e. The Morgan fingerprint density at radius 2 is 2.15 bits per heavy atom. The lowest BCUT2D eigenvalue weighted by atomic mass is 10.2. The standard InChI is InChI=1S/C14H12N4O2/c1-18-7-11(9-4-2-3-5-12(9)18)17-13-10(14(19)20)6-15-8-16-13/h2-8H,1H3,(H,19,20)(H,15,16,17). The van der Waals surface area contributed by atoms with Gasteiger partial charge in [-0.05, 0) is 6.07 Å². The molecule has 0 aliphatic heterocycles. The molecule has 0 fully saturated rings. The van der Waals surface area contributed by atoms with Gasteiger partial charge in [0.25, 0.3) is 0 Å². The monoisotopic (exact) mass is 268 g/mol. The van der Waals surface area contributed by atoms with Gasteiger partial charge in [0.1, 0.15) is 17.7 Å². The molecule has 2 heterocycles. The quantitative estimate of drug-likeness (QED) is 0.762. The molecular weight excluding hydrogens is 256 g/mol. The van der Waals surface area contributed by atoms with Crippen LogP contribution in [0.15, 0.2) is 43.0 Å². The number of aromatic nitrogens is 3. The minimum absolute atomic E-state index is 0.0421. The Kier molecular flexibility index (Phi) is 2.83. The van der Waals surface area contributed by atoms with Crippen LogP contribution in [0.3, 0.4) is 0 Å². The average molecular weight is 268 g/mol. The molecule has 2 aromatic heterocycles. The molecule has 6 nitrogen and oxygen atoms in total. The number of benzene rings is 1. The predicted octanol–water partition coefficient (Wildman–Crippen LogP) is 2.41. The van der Waals surface area contributed by atoms with Gasteiger partial charge in [0.15, 0.2) is 0 Å². The van der Waals surface area contributed by atoms with Crippen molar-refractivity contribution >= 4 is 28.4 Å². The summed E-state index contributed by atoms with van der Waals surface area (Å²) >= 11 is 0. The van der Waals surface area contributed by atoms with E-state index >= 15 is 0 Å². The fourth-order valence-electron chi connectivity index (χ4n) is 2.15. The van der Waals surface area contributed by atoms with Crippen LogP contribution in [0.1, 0.15) is 10.4 Å². The molecule has 0 radical (unpaired) electrons. The molecule has 20 heavy (non-hydrogen) atoms. The van der Waals surface area contributed by atoms with Gasteiger partial charge in [-0.1, -0.05) is 18.2 Å². The first-order valence-corrected chi connectivity index (χ1v) is 6.01. The molecule has 0 unspecified atom stereocenters. The third-order valence-electron chi connectivity index (χ3n) is 3.09. The second-order valence-electron chi connectivity index (χ2n) is 4.39. The van der Waals surface area contributed by atoms with Crippen molar-refractivity contribution in [3.63, 3.8) is 0 Å². The number of hydrogen-bond acceptors (Lipinski definition) is 4. The molecule has 0 bridgehead atoms. The van der Waals surface area contributed by atoms with Crippen LogP contribution in [0, 0.1) is 0 Å². The summed E-state index contributed by atoms with van der Waals surface area (Å²) in [6.07, 6.45) is 4.50. The Morgan fingerprint density at radius 1 is 1.35 bits per heavy atom. The number of carboxylic acids is 1. The number of carbonyl (C=O) groups is 1. The summed E-state index contributed by atoms with van der Waals surface area (Å²) in [6, 6.07) is 7.86. The second-order valence-corrected chi connectivity index (χ2v) is 4.39. The maximum atomic E-state index is 11.2. The van der Waals surface area contributed by atoms with Crippen molar-refractivity contribution in [1.82, 2.24) is 14.5 Å². The number of nitrogens with one attached hydrogen (secondary N) is 1. The molecule has 0 aliphatic rings. The third-order valence-corrected chi connectivity index (χ3v) is 3.09. The lowest BCUT2D eigenvalue weighted by Crippen LogP contribution is -2.05. The Morgan fingerprint density at radius 3 is 2.95 bits per heavy atom. The predicted molar refractivity (Wildman–Crippen MR) is 75.2 cm³/mol. The first-order chi connectivity index (χ1) is 9.66. The number of aryl methyl sites for hydroxylation is 1. The van der Waals surface area contributed by atoms with E-state index in [2.05, 4.69) is 15.3 Å². The molecule has 0 atom stereocenters. The Bertz CT molecular complexity index is 795. The van der Waals surface area contributed by atoms with Crippen molar-refractivity contribution in [2.24, 2.45) is 7.05 Å². The molecule has 6 heteroatoms. The summed E-state index contributed by atoms with van der Waals surface area (Å²) in [7, 11) is 1.94. The number of rotatable bonds is 3. The van der Waals surface area contributed by atoms with E-state index in [0.29, 0.717) is 0 Å². The van der Waals surface area contributed by atoms with Crippen molar-refractivity contribution in [1.29, 1.82) is 0 Å². The number of aromatic carboxylic acids is 1. The van der Waals surface area contributed by atoms with E-state index in [4.69, 9.17) is 5.11 Å². The van der Waals surface area contributed by atoms with Gasteiger partial charge in [0, 0.05) is 30.3 Å². The molecule has 3 rings (SSSR count). The number of nitrogens with zero attached hydrogens (tertiary/aromatic N) is 3. The van der Waals surface area contributed by atoms with Crippen LogP contribution in [0.25, 0.3) is 10.9 Å². The minimum Gasteiger partial charge on any atom is -0.477 e. The van der Waals surface area contributed by atoms with Crippen LogP contribution >= 0.6 is 0 Å². The van der Waals surface area contributed by atoms with E-state index in [9.17, 15) is 4.79 Å². The smallest absolute Gasteiger partial charge is 0.341 e. The highest BCUT2D eigenvalue weighted by Crippen LogP contribution is 2.28. The van der Waals surface area contributed by atoms with E-state index < -0.39 is 5.97 Å². The first kappa shape index (κ1) is 12.2. The van der Waals surface area contributed by atoms with E-state index in [1.54, 1.807) is 0 Å². The van der Waals surface area contributed by atoms with Crippen LogP contribution in [-0.4, -0.2) is 25.6 Å². The highest BCUT2D eigenvalue weighted by atomic mass is 16.4. The van der Waals surface area contributed by atoms with Gasteiger partial charge in [0.2, 0.25) is 0 Å². The average Bonchev–Trinajstić information content (AvgIpc) is 2.76. The van der Waals surface area contributed by atoms with Gasteiger partial charge in [-0.15, -0.1) is 0 Å². The minimum atomic E-state index is -1.06. The van der Waals surface area contributed by atoms with Gasteiger partial charge in [-0.3, -0.25) is 0 Å². The van der Waals surface area contributed by atoms with Crippen molar-refractivity contribution in [2.45, 2.75) is 0 Å².